The molecule has 1 saturated heterocycles. The molecule has 25 heavy (non-hydrogen) atoms. The summed E-state index contributed by atoms with van der Waals surface area (Å²) in [6, 6.07) is 13.3. The first-order valence-corrected chi connectivity index (χ1v) is 9.02. The maximum absolute atomic E-state index is 13.9. The van der Waals surface area contributed by atoms with Crippen molar-refractivity contribution in [3.8, 4) is 0 Å². The minimum atomic E-state index is -0.143. The lowest BCUT2D eigenvalue weighted by atomic mass is 10.1. The fraction of sp³-hybridized carbons (Fsp3) is 0.350. The lowest BCUT2D eigenvalue weighted by molar-refractivity contribution is 0.132. The Hall–Kier alpha value is -1.98. The van der Waals surface area contributed by atoms with Gasteiger partial charge in [-0.25, -0.2) is 4.39 Å². The predicted molar refractivity (Wildman–Crippen MR) is 105 cm³/mol. The van der Waals surface area contributed by atoms with Crippen molar-refractivity contribution in [2.45, 2.75) is 26.8 Å². The van der Waals surface area contributed by atoms with Gasteiger partial charge in [0.05, 0.1) is 6.67 Å². The molecule has 0 aromatic heterocycles. The van der Waals surface area contributed by atoms with Crippen molar-refractivity contribution in [2.75, 3.05) is 25.1 Å². The maximum Gasteiger partial charge on any atom is 0.174 e. The number of hydrogen-bond acceptors (Lipinski definition) is 2. The second-order valence-corrected chi connectivity index (χ2v) is 7.10. The van der Waals surface area contributed by atoms with E-state index >= 15 is 0 Å². The van der Waals surface area contributed by atoms with Crippen molar-refractivity contribution in [3.63, 3.8) is 0 Å². The maximum atomic E-state index is 13.9. The first-order valence-electron chi connectivity index (χ1n) is 8.61. The summed E-state index contributed by atoms with van der Waals surface area (Å²) in [6.45, 7) is 7.36. The average Bonchev–Trinajstić information content (AvgIpc) is 2.56. The highest BCUT2D eigenvalue weighted by molar-refractivity contribution is 7.80. The highest BCUT2D eigenvalue weighted by atomic mass is 32.1. The lowest BCUT2D eigenvalue weighted by Crippen LogP contribution is -2.48. The summed E-state index contributed by atoms with van der Waals surface area (Å²) in [7, 11) is 0. The van der Waals surface area contributed by atoms with Crippen LogP contribution in [0.4, 0.5) is 10.1 Å². The van der Waals surface area contributed by atoms with Gasteiger partial charge in [0.2, 0.25) is 0 Å². The van der Waals surface area contributed by atoms with E-state index in [-0.39, 0.29) is 5.82 Å². The Bertz CT molecular complexity index is 742. The third kappa shape index (κ3) is 4.77. The van der Waals surface area contributed by atoms with Crippen LogP contribution in [0.15, 0.2) is 42.5 Å². The molecule has 0 radical (unpaired) electrons. The molecule has 0 aliphatic carbocycles. The summed E-state index contributed by atoms with van der Waals surface area (Å²) in [5.74, 6) is -0.143. The van der Waals surface area contributed by atoms with Gasteiger partial charge in [0.15, 0.2) is 5.11 Å². The first-order chi connectivity index (χ1) is 12.0. The van der Waals surface area contributed by atoms with Gasteiger partial charge in [-0.15, -0.1) is 0 Å². The highest BCUT2D eigenvalue weighted by Crippen LogP contribution is 2.17. The summed E-state index contributed by atoms with van der Waals surface area (Å²) >= 11 is 5.60. The number of aryl methyl sites for hydroxylation is 2. The first kappa shape index (κ1) is 17.8. The van der Waals surface area contributed by atoms with Crippen LogP contribution in [0.1, 0.15) is 23.1 Å². The van der Waals surface area contributed by atoms with Gasteiger partial charge in [-0.2, -0.15) is 0 Å². The Balaban J connectivity index is 1.62. The van der Waals surface area contributed by atoms with Crippen molar-refractivity contribution < 1.29 is 4.39 Å². The molecule has 2 aromatic rings. The van der Waals surface area contributed by atoms with Crippen LogP contribution in [0.2, 0.25) is 0 Å². The van der Waals surface area contributed by atoms with Gasteiger partial charge in [0.25, 0.3) is 0 Å². The minimum absolute atomic E-state index is 0.143. The molecule has 3 rings (SSSR count). The fourth-order valence-corrected chi connectivity index (χ4v) is 3.55. The molecule has 0 spiro atoms. The van der Waals surface area contributed by atoms with Crippen molar-refractivity contribution >= 4 is 23.0 Å². The molecule has 1 fully saturated rings. The van der Waals surface area contributed by atoms with Crippen molar-refractivity contribution in [1.82, 2.24) is 9.80 Å². The minimum Gasteiger partial charge on any atom is -0.336 e. The monoisotopic (exact) mass is 357 g/mol. The van der Waals surface area contributed by atoms with Gasteiger partial charge in [-0.3, -0.25) is 4.90 Å². The summed E-state index contributed by atoms with van der Waals surface area (Å²) in [5, 5.41) is 4.07. The Morgan fingerprint density at radius 1 is 1.12 bits per heavy atom. The van der Waals surface area contributed by atoms with Gasteiger partial charge < -0.3 is 10.2 Å². The Kier molecular flexibility index (Phi) is 5.66. The van der Waals surface area contributed by atoms with E-state index in [1.807, 2.05) is 12.1 Å². The molecule has 5 heteroatoms. The smallest absolute Gasteiger partial charge is 0.174 e. The fourth-order valence-electron chi connectivity index (χ4n) is 3.28. The largest absolute Gasteiger partial charge is 0.336 e. The van der Waals surface area contributed by atoms with Crippen molar-refractivity contribution in [3.05, 3.63) is 65.0 Å². The Morgan fingerprint density at radius 2 is 1.84 bits per heavy atom. The van der Waals surface area contributed by atoms with Crippen molar-refractivity contribution in [1.29, 1.82) is 0 Å². The van der Waals surface area contributed by atoms with Crippen LogP contribution in [0.3, 0.4) is 0 Å². The Morgan fingerprint density at radius 3 is 2.56 bits per heavy atom. The van der Waals surface area contributed by atoms with Crippen LogP contribution in [0.5, 0.6) is 0 Å². The van der Waals surface area contributed by atoms with Crippen LogP contribution in [0, 0.1) is 19.7 Å². The van der Waals surface area contributed by atoms with E-state index in [0.717, 1.165) is 35.9 Å². The number of rotatable bonds is 3. The topological polar surface area (TPSA) is 18.5 Å². The highest BCUT2D eigenvalue weighted by Gasteiger charge is 2.20. The third-order valence-corrected chi connectivity index (χ3v) is 4.75. The predicted octanol–water partition coefficient (Wildman–Crippen LogP) is 4.30. The van der Waals surface area contributed by atoms with Gasteiger partial charge in [0.1, 0.15) is 5.82 Å². The standard InChI is InChI=1S/C20H24FN3S/c1-15-10-16(2)12-18(11-15)22-20(25)24-9-5-8-23(14-24)13-17-6-3-4-7-19(17)21/h3-4,6-7,10-12H,5,8-9,13-14H2,1-2H3,(H,22,25). The molecule has 1 N–H and O–H groups in total. The van der Waals surface area contributed by atoms with E-state index in [0.29, 0.717) is 13.2 Å². The molecule has 1 aliphatic heterocycles. The molecule has 0 bridgehead atoms. The SMILES string of the molecule is Cc1cc(C)cc(NC(=S)N2CCCN(Cc3ccccc3F)C2)c1. The zero-order chi connectivity index (χ0) is 17.8. The van der Waals surface area contributed by atoms with Crippen LogP contribution in [-0.4, -0.2) is 34.7 Å². The van der Waals surface area contributed by atoms with Gasteiger partial charge in [0, 0.05) is 30.9 Å². The molecule has 0 amide bonds. The molecule has 1 heterocycles. The second kappa shape index (κ2) is 7.93. The van der Waals surface area contributed by atoms with Gasteiger partial charge in [-0.1, -0.05) is 24.3 Å². The Labute approximate surface area is 154 Å². The molecular formula is C20H24FN3S. The summed E-state index contributed by atoms with van der Waals surface area (Å²) in [4.78, 5) is 4.38. The van der Waals surface area contributed by atoms with Crippen LogP contribution in [-0.2, 0) is 6.54 Å². The molecule has 0 saturated carbocycles. The number of nitrogens with zero attached hydrogens (tertiary/aromatic N) is 2. The second-order valence-electron chi connectivity index (χ2n) is 6.71. The molecule has 0 atom stereocenters. The number of anilines is 1. The third-order valence-electron chi connectivity index (χ3n) is 4.39. The van der Waals surface area contributed by atoms with Crippen LogP contribution >= 0.6 is 12.2 Å². The van der Waals surface area contributed by atoms with Crippen LogP contribution < -0.4 is 5.32 Å². The quantitative estimate of drug-likeness (QED) is 0.825. The molecule has 2 aromatic carbocycles. The van der Waals surface area contributed by atoms with E-state index in [4.69, 9.17) is 12.2 Å². The van der Waals surface area contributed by atoms with E-state index in [1.165, 1.54) is 17.2 Å². The zero-order valence-corrected chi connectivity index (χ0v) is 15.6. The molecular weight excluding hydrogens is 333 g/mol. The van der Waals surface area contributed by atoms with Gasteiger partial charge >= 0.3 is 0 Å². The van der Waals surface area contributed by atoms with E-state index in [1.54, 1.807) is 6.07 Å². The number of hydrogen-bond donors (Lipinski definition) is 1. The number of thiocarbonyl (C=S) groups is 1. The summed E-state index contributed by atoms with van der Waals surface area (Å²) in [5.41, 5.74) is 4.18. The number of nitrogens with one attached hydrogen (secondary N) is 1. The summed E-state index contributed by atoms with van der Waals surface area (Å²) < 4.78 is 13.9. The molecule has 3 nitrogen and oxygen atoms in total. The molecule has 0 unspecified atom stereocenters. The molecule has 132 valence electrons. The molecule has 1 aliphatic rings. The lowest BCUT2D eigenvalue weighted by Gasteiger charge is -2.37. The average molecular weight is 357 g/mol. The normalized spacial score (nSPS) is 15.2. The zero-order valence-electron chi connectivity index (χ0n) is 14.8. The van der Waals surface area contributed by atoms with E-state index < -0.39 is 0 Å². The van der Waals surface area contributed by atoms with Crippen LogP contribution in [0.25, 0.3) is 0 Å². The van der Waals surface area contributed by atoms with Crippen molar-refractivity contribution in [2.24, 2.45) is 0 Å². The van der Waals surface area contributed by atoms with E-state index in [2.05, 4.69) is 47.2 Å². The number of halogens is 1. The van der Waals surface area contributed by atoms with E-state index in [9.17, 15) is 4.39 Å². The number of benzene rings is 2. The van der Waals surface area contributed by atoms with Gasteiger partial charge in [-0.05, 0) is 61.8 Å². The summed E-state index contributed by atoms with van der Waals surface area (Å²) in [6.07, 6.45) is 1.02.